The molecule has 0 aliphatic carbocycles. The number of ether oxygens (including phenoxy) is 2. The van der Waals surface area contributed by atoms with Crippen LogP contribution in [0.25, 0.3) is 0 Å². The predicted octanol–water partition coefficient (Wildman–Crippen LogP) is 1.23. The Balaban J connectivity index is 2.69. The molecule has 16 heavy (non-hydrogen) atoms. The van der Waals surface area contributed by atoms with Gasteiger partial charge < -0.3 is 19.5 Å². The Kier molecular flexibility index (Phi) is 4.35. The topological polar surface area (TPSA) is 41.9 Å². The van der Waals surface area contributed by atoms with E-state index in [9.17, 15) is 5.11 Å². The van der Waals surface area contributed by atoms with Crippen molar-refractivity contribution in [2.75, 3.05) is 14.1 Å². The van der Waals surface area contributed by atoms with Gasteiger partial charge in [0.05, 0.1) is 11.7 Å². The van der Waals surface area contributed by atoms with Crippen LogP contribution in [-0.4, -0.2) is 54.2 Å². The predicted molar refractivity (Wildman–Crippen MR) is 63.3 cm³/mol. The lowest BCUT2D eigenvalue weighted by atomic mass is 9.99. The molecular formula is C12H25NO3. The van der Waals surface area contributed by atoms with E-state index in [0.717, 1.165) is 6.42 Å². The van der Waals surface area contributed by atoms with Crippen molar-refractivity contribution in [2.24, 2.45) is 0 Å². The van der Waals surface area contributed by atoms with Crippen LogP contribution < -0.4 is 0 Å². The molecular weight excluding hydrogens is 206 g/mol. The second-order valence-electron chi connectivity index (χ2n) is 5.80. The van der Waals surface area contributed by atoms with E-state index in [1.807, 2.05) is 46.7 Å². The normalized spacial score (nSPS) is 36.8. The molecule has 4 atom stereocenters. The monoisotopic (exact) mass is 231 g/mol. The summed E-state index contributed by atoms with van der Waals surface area (Å²) in [6.45, 7) is 7.91. The number of hydrogen-bond donors (Lipinski definition) is 1. The van der Waals surface area contributed by atoms with Gasteiger partial charge in [-0.1, -0.05) is 0 Å². The number of nitrogens with zero attached hydrogens (tertiary/aromatic N) is 1. The van der Waals surface area contributed by atoms with Crippen molar-refractivity contribution in [1.29, 1.82) is 0 Å². The molecule has 1 N–H and O–H groups in total. The van der Waals surface area contributed by atoms with Gasteiger partial charge in [0.25, 0.3) is 0 Å². The van der Waals surface area contributed by atoms with Crippen LogP contribution >= 0.6 is 0 Å². The van der Waals surface area contributed by atoms with Crippen LogP contribution in [0.15, 0.2) is 0 Å². The van der Waals surface area contributed by atoms with Crippen molar-refractivity contribution in [3.8, 4) is 0 Å². The SMILES string of the molecule is C[C@@H]1C[C@@H](N(C)C)[C@@H](O)C(OC(C)(C)C)O1. The lowest BCUT2D eigenvalue weighted by molar-refractivity contribution is -0.281. The molecule has 1 heterocycles. The van der Waals surface area contributed by atoms with E-state index in [2.05, 4.69) is 0 Å². The number of rotatable bonds is 2. The number of hydrogen-bond acceptors (Lipinski definition) is 4. The summed E-state index contributed by atoms with van der Waals surface area (Å²) in [4.78, 5) is 2.03. The lowest BCUT2D eigenvalue weighted by Gasteiger charge is -2.42. The first-order valence-corrected chi connectivity index (χ1v) is 5.88. The van der Waals surface area contributed by atoms with E-state index in [1.54, 1.807) is 0 Å². The second-order valence-corrected chi connectivity index (χ2v) is 5.80. The maximum absolute atomic E-state index is 10.2. The molecule has 0 spiro atoms. The summed E-state index contributed by atoms with van der Waals surface area (Å²) < 4.78 is 11.4. The molecule has 4 nitrogen and oxygen atoms in total. The van der Waals surface area contributed by atoms with Gasteiger partial charge in [-0.2, -0.15) is 0 Å². The summed E-state index contributed by atoms with van der Waals surface area (Å²) in [5.74, 6) is 0. The Morgan fingerprint density at radius 3 is 2.31 bits per heavy atom. The first-order chi connectivity index (χ1) is 7.20. The maximum Gasteiger partial charge on any atom is 0.185 e. The van der Waals surface area contributed by atoms with Crippen molar-refractivity contribution in [3.63, 3.8) is 0 Å². The standard InChI is InChI=1S/C12H25NO3/c1-8-7-9(13(5)6)10(14)11(15-8)16-12(2,3)4/h8-11,14H,7H2,1-6H3/t8-,9-,10-,11?/m1/s1. The zero-order valence-corrected chi connectivity index (χ0v) is 11.2. The van der Waals surface area contributed by atoms with Crippen LogP contribution in [0.2, 0.25) is 0 Å². The first kappa shape index (κ1) is 13.9. The minimum absolute atomic E-state index is 0.0936. The molecule has 4 heteroatoms. The van der Waals surface area contributed by atoms with Crippen molar-refractivity contribution >= 4 is 0 Å². The summed E-state index contributed by atoms with van der Waals surface area (Å²) in [6, 6.07) is 0.0936. The molecule has 0 amide bonds. The Morgan fingerprint density at radius 1 is 1.31 bits per heavy atom. The van der Waals surface area contributed by atoms with Crippen molar-refractivity contribution in [1.82, 2.24) is 4.90 Å². The highest BCUT2D eigenvalue weighted by Crippen LogP contribution is 2.26. The Labute approximate surface area is 98.5 Å². The summed E-state index contributed by atoms with van der Waals surface area (Å²) in [6.07, 6.45) is -0.178. The molecule has 0 aromatic rings. The molecule has 0 bridgehead atoms. The third-order valence-corrected chi connectivity index (χ3v) is 2.75. The van der Waals surface area contributed by atoms with Gasteiger partial charge >= 0.3 is 0 Å². The molecule has 0 radical (unpaired) electrons. The first-order valence-electron chi connectivity index (χ1n) is 5.88. The van der Waals surface area contributed by atoms with E-state index in [1.165, 1.54) is 0 Å². The highest BCUT2D eigenvalue weighted by atomic mass is 16.7. The molecule has 1 unspecified atom stereocenters. The van der Waals surface area contributed by atoms with E-state index in [-0.39, 0.29) is 17.7 Å². The molecule has 1 saturated heterocycles. The van der Waals surface area contributed by atoms with Crippen LogP contribution in [-0.2, 0) is 9.47 Å². The largest absolute Gasteiger partial charge is 0.386 e. The zero-order chi connectivity index (χ0) is 12.5. The maximum atomic E-state index is 10.2. The Morgan fingerprint density at radius 2 is 1.88 bits per heavy atom. The number of aliphatic hydroxyl groups excluding tert-OH is 1. The van der Waals surface area contributed by atoms with E-state index in [0.29, 0.717) is 0 Å². The zero-order valence-electron chi connectivity index (χ0n) is 11.2. The molecule has 1 fully saturated rings. The third-order valence-electron chi connectivity index (χ3n) is 2.75. The highest BCUT2D eigenvalue weighted by molar-refractivity contribution is 4.86. The third kappa shape index (κ3) is 3.70. The summed E-state index contributed by atoms with van der Waals surface area (Å²) in [5, 5.41) is 10.2. The molecule has 1 rings (SSSR count). The minimum Gasteiger partial charge on any atom is -0.386 e. The van der Waals surface area contributed by atoms with Gasteiger partial charge in [-0.25, -0.2) is 0 Å². The van der Waals surface area contributed by atoms with E-state index < -0.39 is 12.4 Å². The number of likely N-dealkylation sites (N-methyl/N-ethyl adjacent to an activating group) is 1. The van der Waals surface area contributed by atoms with Crippen molar-refractivity contribution < 1.29 is 14.6 Å². The van der Waals surface area contributed by atoms with Crippen LogP contribution in [0.4, 0.5) is 0 Å². The van der Waals surface area contributed by atoms with Crippen LogP contribution in [0.3, 0.4) is 0 Å². The lowest BCUT2D eigenvalue weighted by Crippen LogP contribution is -2.55. The van der Waals surface area contributed by atoms with Gasteiger partial charge in [-0.3, -0.25) is 0 Å². The molecule has 0 aromatic heterocycles. The smallest absolute Gasteiger partial charge is 0.185 e. The van der Waals surface area contributed by atoms with Crippen LogP contribution in [0.5, 0.6) is 0 Å². The van der Waals surface area contributed by atoms with Crippen molar-refractivity contribution in [2.45, 2.75) is 64.3 Å². The van der Waals surface area contributed by atoms with E-state index in [4.69, 9.17) is 9.47 Å². The average Bonchev–Trinajstić information content (AvgIpc) is 2.07. The molecule has 1 aliphatic heterocycles. The molecule has 96 valence electrons. The van der Waals surface area contributed by atoms with Gasteiger partial charge in [-0.05, 0) is 48.2 Å². The average molecular weight is 231 g/mol. The summed E-state index contributed by atoms with van der Waals surface area (Å²) >= 11 is 0. The summed E-state index contributed by atoms with van der Waals surface area (Å²) in [5.41, 5.74) is -0.306. The van der Waals surface area contributed by atoms with Gasteiger partial charge in [0, 0.05) is 6.04 Å². The fourth-order valence-corrected chi connectivity index (χ4v) is 1.99. The number of aliphatic hydroxyl groups is 1. The second kappa shape index (κ2) is 5.00. The van der Waals surface area contributed by atoms with Gasteiger partial charge in [0.1, 0.15) is 6.10 Å². The highest BCUT2D eigenvalue weighted by Gasteiger charge is 2.39. The van der Waals surface area contributed by atoms with Crippen molar-refractivity contribution in [3.05, 3.63) is 0 Å². The quantitative estimate of drug-likeness (QED) is 0.776. The molecule has 1 aliphatic rings. The molecule has 0 saturated carbocycles. The molecule has 0 aromatic carbocycles. The van der Waals surface area contributed by atoms with Gasteiger partial charge in [0.15, 0.2) is 6.29 Å². The van der Waals surface area contributed by atoms with Crippen LogP contribution in [0.1, 0.15) is 34.1 Å². The summed E-state index contributed by atoms with van der Waals surface area (Å²) in [7, 11) is 3.94. The fraction of sp³-hybridized carbons (Fsp3) is 1.00. The fourth-order valence-electron chi connectivity index (χ4n) is 1.99. The Hall–Kier alpha value is -0.160. The minimum atomic E-state index is -0.592. The van der Waals surface area contributed by atoms with Gasteiger partial charge in [0.2, 0.25) is 0 Å². The van der Waals surface area contributed by atoms with E-state index >= 15 is 0 Å². The Bertz CT molecular complexity index is 225. The van der Waals surface area contributed by atoms with Crippen LogP contribution in [0, 0.1) is 0 Å². The van der Waals surface area contributed by atoms with Gasteiger partial charge in [-0.15, -0.1) is 0 Å².